The Morgan fingerprint density at radius 1 is 1.20 bits per heavy atom. The number of hydrogen-bond acceptors (Lipinski definition) is 5. The molecule has 3 aromatic rings. The fourth-order valence-electron chi connectivity index (χ4n) is 4.33. The van der Waals surface area contributed by atoms with Crippen LogP contribution in [0.1, 0.15) is 45.2 Å². The largest absolute Gasteiger partial charge is 0.392 e. The molecule has 4 rings (SSSR count). The normalized spacial score (nSPS) is 15.7. The van der Waals surface area contributed by atoms with Crippen LogP contribution in [0.25, 0.3) is 11.3 Å². The number of amides is 1. The summed E-state index contributed by atoms with van der Waals surface area (Å²) in [6.45, 7) is -0.453. The van der Waals surface area contributed by atoms with Crippen molar-refractivity contribution in [3.8, 4) is 17.3 Å². The molecule has 1 amide bonds. The van der Waals surface area contributed by atoms with Crippen LogP contribution in [0.5, 0.6) is 0 Å². The van der Waals surface area contributed by atoms with Gasteiger partial charge >= 0.3 is 6.18 Å². The van der Waals surface area contributed by atoms with E-state index in [1.807, 2.05) is 6.07 Å². The number of nitriles is 1. The van der Waals surface area contributed by atoms with E-state index in [4.69, 9.17) is 22.6 Å². The number of nitrogens with two attached hydrogens (primary N) is 1. The number of rotatable bonds is 6. The van der Waals surface area contributed by atoms with Gasteiger partial charge in [-0.25, -0.2) is 0 Å². The van der Waals surface area contributed by atoms with Crippen molar-refractivity contribution < 1.29 is 23.1 Å². The molecule has 0 saturated carbocycles. The molecule has 0 spiro atoms. The molecule has 11 heteroatoms. The first kappa shape index (κ1) is 24.7. The van der Waals surface area contributed by atoms with E-state index in [-0.39, 0.29) is 31.0 Å². The zero-order valence-corrected chi connectivity index (χ0v) is 19.1. The van der Waals surface area contributed by atoms with Crippen LogP contribution in [0.15, 0.2) is 42.5 Å². The van der Waals surface area contributed by atoms with Crippen LogP contribution < -0.4 is 5.73 Å². The molecule has 0 radical (unpaired) electrons. The van der Waals surface area contributed by atoms with Gasteiger partial charge in [0, 0.05) is 30.2 Å². The van der Waals surface area contributed by atoms with Gasteiger partial charge in [-0.15, -0.1) is 0 Å². The van der Waals surface area contributed by atoms with Gasteiger partial charge < -0.3 is 15.7 Å². The van der Waals surface area contributed by atoms with Crippen LogP contribution in [-0.2, 0) is 19.7 Å². The number of carbonyl (C=O) groups is 1. The van der Waals surface area contributed by atoms with Gasteiger partial charge in [-0.3, -0.25) is 9.48 Å². The number of nitrogens with zero attached hydrogens (tertiary/aromatic N) is 4. The highest BCUT2D eigenvalue weighted by atomic mass is 35.5. The number of carbonyl (C=O) groups excluding carboxylic acids is 1. The minimum Gasteiger partial charge on any atom is -0.392 e. The lowest BCUT2D eigenvalue weighted by atomic mass is 9.98. The molecule has 2 heterocycles. The van der Waals surface area contributed by atoms with Gasteiger partial charge in [0.05, 0.1) is 36.4 Å². The third-order valence-corrected chi connectivity index (χ3v) is 6.07. The number of alkyl halides is 3. The number of fused-ring (bicyclic) bond motifs is 1. The van der Waals surface area contributed by atoms with Crippen molar-refractivity contribution >= 4 is 17.5 Å². The van der Waals surface area contributed by atoms with Gasteiger partial charge in [0.15, 0.2) is 0 Å². The number of benzene rings is 2. The van der Waals surface area contributed by atoms with Crippen LogP contribution in [0.4, 0.5) is 13.2 Å². The van der Waals surface area contributed by atoms with E-state index in [0.29, 0.717) is 32.8 Å². The molecule has 7 nitrogen and oxygen atoms in total. The van der Waals surface area contributed by atoms with E-state index < -0.39 is 31.2 Å². The Morgan fingerprint density at radius 3 is 2.49 bits per heavy atom. The van der Waals surface area contributed by atoms with E-state index in [0.717, 1.165) is 4.68 Å². The van der Waals surface area contributed by atoms with Crippen molar-refractivity contribution in [2.45, 2.75) is 38.3 Å². The number of aliphatic hydroxyl groups is 1. The predicted octanol–water partition coefficient (Wildman–Crippen LogP) is 4.18. The molecule has 0 bridgehead atoms. The average Bonchev–Trinajstić information content (AvgIpc) is 3.26. The molecule has 0 aliphatic carbocycles. The fraction of sp³-hybridized carbons (Fsp3) is 0.292. The highest BCUT2D eigenvalue weighted by Crippen LogP contribution is 2.36. The van der Waals surface area contributed by atoms with Crippen molar-refractivity contribution in [1.82, 2.24) is 14.7 Å². The van der Waals surface area contributed by atoms with Gasteiger partial charge in [-0.1, -0.05) is 23.7 Å². The predicted molar refractivity (Wildman–Crippen MR) is 122 cm³/mol. The first-order valence-electron chi connectivity index (χ1n) is 10.7. The lowest BCUT2D eigenvalue weighted by Gasteiger charge is -2.34. The van der Waals surface area contributed by atoms with Crippen LogP contribution >= 0.6 is 11.6 Å². The second-order valence-electron chi connectivity index (χ2n) is 8.29. The topological polar surface area (TPSA) is 108 Å². The van der Waals surface area contributed by atoms with Crippen LogP contribution in [0.2, 0.25) is 5.02 Å². The third kappa shape index (κ3) is 5.17. The summed E-state index contributed by atoms with van der Waals surface area (Å²) in [4.78, 5) is 14.6. The summed E-state index contributed by atoms with van der Waals surface area (Å²) in [5, 5.41) is 23.5. The van der Waals surface area contributed by atoms with E-state index in [2.05, 4.69) is 5.10 Å². The first-order chi connectivity index (χ1) is 16.6. The average molecular weight is 504 g/mol. The summed E-state index contributed by atoms with van der Waals surface area (Å²) in [7, 11) is 0. The smallest absolute Gasteiger partial charge is 0.391 e. The Hall–Kier alpha value is -3.39. The van der Waals surface area contributed by atoms with Gasteiger partial charge in [-0.2, -0.15) is 23.5 Å². The Bertz CT molecular complexity index is 1270. The molecule has 0 fully saturated rings. The summed E-state index contributed by atoms with van der Waals surface area (Å²) in [6.07, 6.45) is -5.65. The maximum atomic E-state index is 13.4. The maximum Gasteiger partial charge on any atom is 0.391 e. The Labute approximate surface area is 204 Å². The summed E-state index contributed by atoms with van der Waals surface area (Å²) in [6, 6.07) is 11.9. The van der Waals surface area contributed by atoms with E-state index >= 15 is 0 Å². The molecule has 1 atom stereocenters. The zero-order chi connectivity index (χ0) is 25.3. The summed E-state index contributed by atoms with van der Waals surface area (Å²) >= 11 is 6.11. The third-order valence-electron chi connectivity index (χ3n) is 5.86. The second-order valence-corrected chi connectivity index (χ2v) is 8.72. The van der Waals surface area contributed by atoms with Crippen molar-refractivity contribution in [1.29, 1.82) is 5.26 Å². The lowest BCUT2D eigenvalue weighted by molar-refractivity contribution is -0.145. The molecule has 0 saturated heterocycles. The van der Waals surface area contributed by atoms with Gasteiger partial charge in [0.1, 0.15) is 5.69 Å². The molecule has 1 aromatic heterocycles. The number of hydrogen-bond donors (Lipinski definition) is 2. The highest BCUT2D eigenvalue weighted by molar-refractivity contribution is 6.30. The molecule has 35 heavy (non-hydrogen) atoms. The maximum absolute atomic E-state index is 13.4. The van der Waals surface area contributed by atoms with Crippen molar-refractivity contribution in [2.75, 3.05) is 6.54 Å². The Balaban J connectivity index is 1.77. The molecule has 1 aliphatic rings. The van der Waals surface area contributed by atoms with Crippen LogP contribution in [0.3, 0.4) is 0 Å². The molecular weight excluding hydrogens is 483 g/mol. The minimum absolute atomic E-state index is 0.0101. The molecule has 2 aromatic carbocycles. The first-order valence-corrected chi connectivity index (χ1v) is 11.1. The van der Waals surface area contributed by atoms with Crippen molar-refractivity contribution in [2.24, 2.45) is 5.73 Å². The molecule has 1 aliphatic heterocycles. The van der Waals surface area contributed by atoms with Crippen LogP contribution in [0, 0.1) is 11.3 Å². The molecule has 1 unspecified atom stereocenters. The Morgan fingerprint density at radius 2 is 1.89 bits per heavy atom. The lowest BCUT2D eigenvalue weighted by Crippen LogP contribution is -2.44. The van der Waals surface area contributed by atoms with Gasteiger partial charge in [0.2, 0.25) is 0 Å². The highest BCUT2D eigenvalue weighted by Gasteiger charge is 2.40. The van der Waals surface area contributed by atoms with Crippen LogP contribution in [-0.4, -0.2) is 38.4 Å². The summed E-state index contributed by atoms with van der Waals surface area (Å²) < 4.78 is 41.4. The Kier molecular flexibility index (Phi) is 6.85. The van der Waals surface area contributed by atoms with Crippen molar-refractivity contribution in [3.63, 3.8) is 0 Å². The van der Waals surface area contributed by atoms with E-state index in [9.17, 15) is 23.1 Å². The standard InChI is InChI=1S/C24H21ClF3N5O2/c25-18-5-16(10-30)22(17(6-18)13-34)20-7-21-23(35)32(11-15-3-1-14(9-29)2-4-15)12-19(33(21)31-20)8-24(26,27)28/h1-7,19,34H,8,10-13,30H2. The molecule has 182 valence electrons. The van der Waals surface area contributed by atoms with E-state index in [1.54, 1.807) is 30.3 Å². The van der Waals surface area contributed by atoms with Gasteiger partial charge in [-0.05, 0) is 47.0 Å². The SMILES string of the molecule is N#Cc1ccc(CN2CC(CC(F)(F)F)n3nc(-c4c(CN)cc(Cl)cc4CO)cc3C2=O)cc1. The quantitative estimate of drug-likeness (QED) is 0.524. The summed E-state index contributed by atoms with van der Waals surface area (Å²) in [5.74, 6) is -0.472. The minimum atomic E-state index is -4.48. The zero-order valence-electron chi connectivity index (χ0n) is 18.4. The molecular formula is C24H21ClF3N5O2. The van der Waals surface area contributed by atoms with Crippen molar-refractivity contribution in [3.05, 3.63) is 75.4 Å². The summed E-state index contributed by atoms with van der Waals surface area (Å²) in [5.41, 5.74) is 8.62. The van der Waals surface area contributed by atoms with E-state index in [1.165, 1.54) is 17.0 Å². The monoisotopic (exact) mass is 503 g/mol. The fourth-order valence-corrected chi connectivity index (χ4v) is 4.59. The number of aromatic nitrogens is 2. The second kappa shape index (κ2) is 9.70. The number of aliphatic hydroxyl groups excluding tert-OH is 1. The number of halogens is 4. The molecule has 3 N–H and O–H groups in total. The van der Waals surface area contributed by atoms with Gasteiger partial charge in [0.25, 0.3) is 5.91 Å².